The fraction of sp³-hybridized carbons (Fsp3) is 0.800. The molecule has 11 heavy (non-hydrogen) atoms. The van der Waals surface area contributed by atoms with Crippen LogP contribution in [0.15, 0.2) is 0 Å². The van der Waals surface area contributed by atoms with E-state index in [0.717, 1.165) is 7.05 Å². The molecule has 66 valence electrons. The van der Waals surface area contributed by atoms with E-state index in [1.165, 1.54) is 0 Å². The first kappa shape index (κ1) is 10.2. The van der Waals surface area contributed by atoms with Crippen LogP contribution in [0.2, 0.25) is 0 Å². The third kappa shape index (κ3) is 1.83. The standard InChI is InChI=1S/C5H9F3N2O/c1-4(9,3(11)10-2)5(6,7)8/h9H2,1-2H3,(H,10,11)/t4-/m0/s1. The summed E-state index contributed by atoms with van der Waals surface area (Å²) in [6, 6.07) is 0. The third-order valence-corrected chi connectivity index (χ3v) is 1.29. The molecule has 0 saturated heterocycles. The summed E-state index contributed by atoms with van der Waals surface area (Å²) in [4.78, 5) is 10.5. The lowest BCUT2D eigenvalue weighted by atomic mass is 10.0. The lowest BCUT2D eigenvalue weighted by molar-refractivity contribution is -0.187. The van der Waals surface area contributed by atoms with Crippen molar-refractivity contribution < 1.29 is 18.0 Å². The molecule has 0 saturated carbocycles. The van der Waals surface area contributed by atoms with Gasteiger partial charge in [-0.3, -0.25) is 4.79 Å². The molecular formula is C5H9F3N2O. The van der Waals surface area contributed by atoms with Gasteiger partial charge in [0.1, 0.15) is 0 Å². The molecule has 0 heterocycles. The van der Waals surface area contributed by atoms with E-state index < -0.39 is 17.6 Å². The van der Waals surface area contributed by atoms with Crippen molar-refractivity contribution in [3.05, 3.63) is 0 Å². The molecule has 0 aromatic heterocycles. The Bertz CT molecular complexity index is 164. The molecule has 6 heteroatoms. The zero-order valence-electron chi connectivity index (χ0n) is 6.12. The number of carbonyl (C=O) groups excluding carboxylic acids is 1. The average molecular weight is 170 g/mol. The Balaban J connectivity index is 4.59. The highest BCUT2D eigenvalue weighted by Gasteiger charge is 2.53. The molecule has 0 bridgehead atoms. The predicted octanol–water partition coefficient (Wildman–Crippen LogP) is 0.0121. The summed E-state index contributed by atoms with van der Waals surface area (Å²) in [5.74, 6) is -1.25. The van der Waals surface area contributed by atoms with E-state index in [9.17, 15) is 18.0 Å². The number of carbonyl (C=O) groups is 1. The van der Waals surface area contributed by atoms with Gasteiger partial charge in [-0.05, 0) is 6.92 Å². The summed E-state index contributed by atoms with van der Waals surface area (Å²) in [6.45, 7) is 0.617. The number of alkyl halides is 3. The molecule has 0 radical (unpaired) electrons. The highest BCUT2D eigenvalue weighted by Crippen LogP contribution is 2.27. The van der Waals surface area contributed by atoms with Crippen molar-refractivity contribution in [2.45, 2.75) is 18.6 Å². The minimum absolute atomic E-state index is 0.617. The van der Waals surface area contributed by atoms with E-state index in [1.54, 1.807) is 0 Å². The Labute approximate surface area is 61.7 Å². The topological polar surface area (TPSA) is 55.1 Å². The Morgan fingerprint density at radius 3 is 1.91 bits per heavy atom. The van der Waals surface area contributed by atoms with Gasteiger partial charge in [-0.25, -0.2) is 0 Å². The van der Waals surface area contributed by atoms with Crippen molar-refractivity contribution in [3.63, 3.8) is 0 Å². The van der Waals surface area contributed by atoms with Crippen molar-refractivity contribution in [2.24, 2.45) is 5.73 Å². The van der Waals surface area contributed by atoms with E-state index in [1.807, 2.05) is 5.32 Å². The lowest BCUT2D eigenvalue weighted by Gasteiger charge is -2.24. The zero-order valence-corrected chi connectivity index (χ0v) is 6.12. The van der Waals surface area contributed by atoms with Crippen LogP contribution in [-0.4, -0.2) is 24.7 Å². The van der Waals surface area contributed by atoms with Crippen molar-refractivity contribution in [1.82, 2.24) is 5.32 Å². The van der Waals surface area contributed by atoms with Crippen LogP contribution in [0.5, 0.6) is 0 Å². The van der Waals surface area contributed by atoms with Crippen molar-refractivity contribution in [3.8, 4) is 0 Å². The first-order chi connectivity index (χ1) is 4.73. The third-order valence-electron chi connectivity index (χ3n) is 1.29. The van der Waals surface area contributed by atoms with Crippen molar-refractivity contribution in [2.75, 3.05) is 7.05 Å². The van der Waals surface area contributed by atoms with Crippen LogP contribution in [0, 0.1) is 0 Å². The molecule has 3 nitrogen and oxygen atoms in total. The fourth-order valence-electron chi connectivity index (χ4n) is 0.388. The summed E-state index contributed by atoms with van der Waals surface area (Å²) in [6.07, 6.45) is -4.72. The molecule has 0 rings (SSSR count). The summed E-state index contributed by atoms with van der Waals surface area (Å²) < 4.78 is 35.7. The monoisotopic (exact) mass is 170 g/mol. The second-order valence-electron chi connectivity index (χ2n) is 2.28. The molecule has 0 aliphatic carbocycles. The maximum Gasteiger partial charge on any atom is 0.415 e. The first-order valence-corrected chi connectivity index (χ1v) is 2.81. The van der Waals surface area contributed by atoms with Crippen LogP contribution in [0.4, 0.5) is 13.2 Å². The Morgan fingerprint density at radius 1 is 1.45 bits per heavy atom. The second kappa shape index (κ2) is 2.69. The second-order valence-corrected chi connectivity index (χ2v) is 2.28. The lowest BCUT2D eigenvalue weighted by Crippen LogP contribution is -2.60. The van der Waals surface area contributed by atoms with Gasteiger partial charge in [0.2, 0.25) is 5.91 Å². The van der Waals surface area contributed by atoms with Crippen LogP contribution in [0.1, 0.15) is 6.92 Å². The number of nitrogens with two attached hydrogens (primary N) is 1. The van der Waals surface area contributed by atoms with E-state index in [2.05, 4.69) is 0 Å². The van der Waals surface area contributed by atoms with Gasteiger partial charge in [0.15, 0.2) is 5.54 Å². The Morgan fingerprint density at radius 2 is 1.82 bits per heavy atom. The van der Waals surface area contributed by atoms with E-state index in [-0.39, 0.29) is 0 Å². The van der Waals surface area contributed by atoms with Gasteiger partial charge in [0.25, 0.3) is 0 Å². The summed E-state index contributed by atoms with van der Waals surface area (Å²) in [5, 5.41) is 1.83. The molecule has 0 fully saturated rings. The molecule has 0 aliphatic rings. The fourth-order valence-corrected chi connectivity index (χ4v) is 0.388. The number of hydrogen-bond donors (Lipinski definition) is 2. The molecule has 1 amide bonds. The first-order valence-electron chi connectivity index (χ1n) is 2.81. The van der Waals surface area contributed by atoms with Crippen LogP contribution < -0.4 is 11.1 Å². The van der Waals surface area contributed by atoms with Gasteiger partial charge < -0.3 is 11.1 Å². The minimum Gasteiger partial charge on any atom is -0.357 e. The molecule has 3 N–H and O–H groups in total. The number of hydrogen-bond acceptors (Lipinski definition) is 2. The highest BCUT2D eigenvalue weighted by atomic mass is 19.4. The van der Waals surface area contributed by atoms with Gasteiger partial charge in [0, 0.05) is 7.05 Å². The molecule has 0 aliphatic heterocycles. The van der Waals surface area contributed by atoms with E-state index in [0.29, 0.717) is 6.92 Å². The number of nitrogens with one attached hydrogen (secondary N) is 1. The van der Waals surface area contributed by atoms with E-state index in [4.69, 9.17) is 5.73 Å². The van der Waals surface area contributed by atoms with Gasteiger partial charge >= 0.3 is 6.18 Å². The van der Waals surface area contributed by atoms with Crippen molar-refractivity contribution >= 4 is 5.91 Å². The van der Waals surface area contributed by atoms with Gasteiger partial charge in [-0.1, -0.05) is 0 Å². The largest absolute Gasteiger partial charge is 0.415 e. The van der Waals surface area contributed by atoms with Gasteiger partial charge in [0.05, 0.1) is 0 Å². The molecule has 0 unspecified atom stereocenters. The van der Waals surface area contributed by atoms with Crippen LogP contribution in [0.3, 0.4) is 0 Å². The molecule has 1 atom stereocenters. The van der Waals surface area contributed by atoms with Gasteiger partial charge in [-0.15, -0.1) is 0 Å². The number of halogens is 3. The predicted molar refractivity (Wildman–Crippen MR) is 32.7 cm³/mol. The van der Waals surface area contributed by atoms with Crippen LogP contribution in [0.25, 0.3) is 0 Å². The zero-order chi connectivity index (χ0) is 9.28. The smallest absolute Gasteiger partial charge is 0.357 e. The average Bonchev–Trinajstić information content (AvgIpc) is 1.83. The Hall–Kier alpha value is -0.780. The number of likely N-dealkylation sites (N-methyl/N-ethyl adjacent to an activating group) is 1. The van der Waals surface area contributed by atoms with Gasteiger partial charge in [-0.2, -0.15) is 13.2 Å². The summed E-state index contributed by atoms with van der Waals surface area (Å²) >= 11 is 0. The maximum atomic E-state index is 11.9. The molecule has 0 aromatic carbocycles. The number of rotatable bonds is 1. The summed E-state index contributed by atoms with van der Waals surface area (Å²) in [7, 11) is 1.10. The van der Waals surface area contributed by atoms with Crippen LogP contribution in [-0.2, 0) is 4.79 Å². The minimum atomic E-state index is -4.72. The van der Waals surface area contributed by atoms with E-state index >= 15 is 0 Å². The molecule has 0 aromatic rings. The normalized spacial score (nSPS) is 17.3. The summed E-state index contributed by atoms with van der Waals surface area (Å²) in [5.41, 5.74) is 1.91. The quantitative estimate of drug-likeness (QED) is 0.582. The SMILES string of the molecule is CNC(=O)[C@](C)(N)C(F)(F)F. The molecule has 0 spiro atoms. The van der Waals surface area contributed by atoms with Crippen molar-refractivity contribution in [1.29, 1.82) is 0 Å². The highest BCUT2D eigenvalue weighted by molar-refractivity contribution is 5.86. The number of amides is 1. The molecular weight excluding hydrogens is 161 g/mol. The van der Waals surface area contributed by atoms with Crippen LogP contribution >= 0.6 is 0 Å². The Kier molecular flexibility index (Phi) is 2.50. The maximum absolute atomic E-state index is 11.9.